The van der Waals surface area contributed by atoms with Crippen molar-refractivity contribution in [3.8, 4) is 0 Å². The summed E-state index contributed by atoms with van der Waals surface area (Å²) in [4.78, 5) is 22.4. The number of hydrogen-bond acceptors (Lipinski definition) is 4. The second kappa shape index (κ2) is 5.29. The predicted molar refractivity (Wildman–Crippen MR) is 60.2 cm³/mol. The molecule has 0 aliphatic carbocycles. The normalized spacial score (nSPS) is 15.1. The summed E-state index contributed by atoms with van der Waals surface area (Å²) in [6.07, 6.45) is 2.93. The Balaban J connectivity index is 1.76. The molecule has 1 aliphatic heterocycles. The SMILES string of the molecule is O=C1CCC(C(=O)NCCc2ccco2)=NN1. The summed E-state index contributed by atoms with van der Waals surface area (Å²) in [5, 5.41) is 6.43. The number of amides is 2. The van der Waals surface area contributed by atoms with Crippen molar-refractivity contribution in [3.63, 3.8) is 0 Å². The molecule has 0 saturated heterocycles. The Morgan fingerprint density at radius 2 is 2.41 bits per heavy atom. The van der Waals surface area contributed by atoms with E-state index in [2.05, 4.69) is 15.8 Å². The summed E-state index contributed by atoms with van der Waals surface area (Å²) in [7, 11) is 0. The number of carbonyl (C=O) groups is 2. The second-order valence-electron chi connectivity index (χ2n) is 3.68. The van der Waals surface area contributed by atoms with E-state index in [-0.39, 0.29) is 11.8 Å². The van der Waals surface area contributed by atoms with Crippen molar-refractivity contribution < 1.29 is 14.0 Å². The molecule has 1 aromatic rings. The van der Waals surface area contributed by atoms with Crippen LogP contribution in [0.2, 0.25) is 0 Å². The summed E-state index contributed by atoms with van der Waals surface area (Å²) in [5.41, 5.74) is 2.65. The number of nitrogens with zero attached hydrogens (tertiary/aromatic N) is 1. The molecule has 0 atom stereocenters. The lowest BCUT2D eigenvalue weighted by Crippen LogP contribution is -2.37. The van der Waals surface area contributed by atoms with Crippen LogP contribution in [0.3, 0.4) is 0 Å². The fourth-order valence-electron chi connectivity index (χ4n) is 1.49. The van der Waals surface area contributed by atoms with Gasteiger partial charge in [0.2, 0.25) is 5.91 Å². The second-order valence-corrected chi connectivity index (χ2v) is 3.68. The van der Waals surface area contributed by atoms with Gasteiger partial charge in [0.25, 0.3) is 5.91 Å². The van der Waals surface area contributed by atoms with Crippen LogP contribution < -0.4 is 10.7 Å². The molecule has 0 radical (unpaired) electrons. The Morgan fingerprint density at radius 3 is 3.06 bits per heavy atom. The first-order chi connectivity index (χ1) is 8.25. The van der Waals surface area contributed by atoms with Gasteiger partial charge in [0.15, 0.2) is 0 Å². The van der Waals surface area contributed by atoms with Crippen LogP contribution in [-0.4, -0.2) is 24.1 Å². The zero-order valence-corrected chi connectivity index (χ0v) is 9.23. The molecule has 0 aromatic carbocycles. The predicted octanol–water partition coefficient (Wildman–Crippen LogP) is 0.204. The zero-order chi connectivity index (χ0) is 12.1. The van der Waals surface area contributed by atoms with Crippen LogP contribution >= 0.6 is 0 Å². The third-order valence-electron chi connectivity index (χ3n) is 2.40. The quantitative estimate of drug-likeness (QED) is 0.782. The molecule has 0 fully saturated rings. The topological polar surface area (TPSA) is 83.7 Å². The lowest BCUT2D eigenvalue weighted by molar-refractivity contribution is -0.121. The van der Waals surface area contributed by atoms with E-state index in [1.165, 1.54) is 0 Å². The molecule has 2 N–H and O–H groups in total. The van der Waals surface area contributed by atoms with E-state index in [9.17, 15) is 9.59 Å². The number of rotatable bonds is 4. The molecule has 6 heteroatoms. The van der Waals surface area contributed by atoms with Gasteiger partial charge in [0.05, 0.1) is 6.26 Å². The van der Waals surface area contributed by atoms with Crippen LogP contribution in [0.5, 0.6) is 0 Å². The highest BCUT2D eigenvalue weighted by Gasteiger charge is 2.17. The van der Waals surface area contributed by atoms with E-state index < -0.39 is 0 Å². The highest BCUT2D eigenvalue weighted by molar-refractivity contribution is 6.39. The van der Waals surface area contributed by atoms with E-state index in [0.717, 1.165) is 5.76 Å². The largest absolute Gasteiger partial charge is 0.469 e. The van der Waals surface area contributed by atoms with Gasteiger partial charge in [0, 0.05) is 25.8 Å². The summed E-state index contributed by atoms with van der Waals surface area (Å²) in [6, 6.07) is 3.66. The Kier molecular flexibility index (Phi) is 3.54. The minimum absolute atomic E-state index is 0.155. The molecule has 17 heavy (non-hydrogen) atoms. The Bertz CT molecular complexity index is 437. The molecule has 2 rings (SSSR count). The molecular weight excluding hydrogens is 222 g/mol. The summed E-state index contributed by atoms with van der Waals surface area (Å²) < 4.78 is 5.14. The van der Waals surface area contributed by atoms with Gasteiger partial charge in [-0.25, -0.2) is 5.43 Å². The molecule has 0 unspecified atom stereocenters. The molecule has 90 valence electrons. The summed E-state index contributed by atoms with van der Waals surface area (Å²) >= 11 is 0. The van der Waals surface area contributed by atoms with Crippen molar-refractivity contribution in [3.05, 3.63) is 24.2 Å². The molecule has 0 saturated carbocycles. The average Bonchev–Trinajstić information content (AvgIpc) is 2.83. The fourth-order valence-corrected chi connectivity index (χ4v) is 1.49. The van der Waals surface area contributed by atoms with Crippen LogP contribution in [0.1, 0.15) is 18.6 Å². The van der Waals surface area contributed by atoms with Crippen molar-refractivity contribution in [1.82, 2.24) is 10.7 Å². The number of nitrogens with one attached hydrogen (secondary N) is 2. The highest BCUT2D eigenvalue weighted by atomic mass is 16.3. The van der Waals surface area contributed by atoms with Gasteiger partial charge in [0.1, 0.15) is 11.5 Å². The van der Waals surface area contributed by atoms with E-state index in [1.54, 1.807) is 12.3 Å². The summed E-state index contributed by atoms with van der Waals surface area (Å²) in [5.74, 6) is 0.429. The minimum Gasteiger partial charge on any atom is -0.469 e. The smallest absolute Gasteiger partial charge is 0.267 e. The van der Waals surface area contributed by atoms with Crippen LogP contribution in [0.4, 0.5) is 0 Å². The van der Waals surface area contributed by atoms with Crippen molar-refractivity contribution in [2.75, 3.05) is 6.54 Å². The maximum absolute atomic E-state index is 11.6. The average molecular weight is 235 g/mol. The third-order valence-corrected chi connectivity index (χ3v) is 2.40. The van der Waals surface area contributed by atoms with Crippen molar-refractivity contribution in [2.45, 2.75) is 19.3 Å². The van der Waals surface area contributed by atoms with Gasteiger partial charge >= 0.3 is 0 Å². The standard InChI is InChI=1S/C11H13N3O3/c15-10-4-3-9(13-14-10)11(16)12-6-5-8-2-1-7-17-8/h1-2,7H,3-6H2,(H,12,16)(H,14,15). The molecule has 1 aliphatic rings. The van der Waals surface area contributed by atoms with Gasteiger partial charge < -0.3 is 9.73 Å². The molecular formula is C11H13N3O3. The molecule has 2 amide bonds. The molecule has 2 heterocycles. The maximum atomic E-state index is 11.6. The lowest BCUT2D eigenvalue weighted by Gasteiger charge is -2.11. The maximum Gasteiger partial charge on any atom is 0.267 e. The minimum atomic E-state index is -0.239. The third kappa shape index (κ3) is 3.17. The van der Waals surface area contributed by atoms with Crippen LogP contribution in [-0.2, 0) is 16.0 Å². The lowest BCUT2D eigenvalue weighted by atomic mass is 10.1. The van der Waals surface area contributed by atoms with E-state index in [1.807, 2.05) is 6.07 Å². The number of carbonyl (C=O) groups excluding carboxylic acids is 2. The molecule has 0 bridgehead atoms. The number of hydrazone groups is 1. The Labute approximate surface area is 98.1 Å². The summed E-state index contributed by atoms with van der Waals surface area (Å²) in [6.45, 7) is 0.485. The zero-order valence-electron chi connectivity index (χ0n) is 9.23. The van der Waals surface area contributed by atoms with E-state index in [4.69, 9.17) is 4.42 Å². The first-order valence-electron chi connectivity index (χ1n) is 5.41. The van der Waals surface area contributed by atoms with Crippen LogP contribution in [0.25, 0.3) is 0 Å². The fraction of sp³-hybridized carbons (Fsp3) is 0.364. The molecule has 1 aromatic heterocycles. The monoisotopic (exact) mass is 235 g/mol. The van der Waals surface area contributed by atoms with Gasteiger partial charge in [-0.05, 0) is 12.1 Å². The van der Waals surface area contributed by atoms with Crippen LogP contribution in [0.15, 0.2) is 27.9 Å². The molecule has 0 spiro atoms. The van der Waals surface area contributed by atoms with Gasteiger partial charge in [-0.2, -0.15) is 5.10 Å². The van der Waals surface area contributed by atoms with Crippen LogP contribution in [0, 0.1) is 0 Å². The van der Waals surface area contributed by atoms with Gasteiger partial charge in [-0.1, -0.05) is 0 Å². The molecule has 6 nitrogen and oxygen atoms in total. The van der Waals surface area contributed by atoms with Crippen molar-refractivity contribution in [2.24, 2.45) is 5.10 Å². The first kappa shape index (κ1) is 11.4. The van der Waals surface area contributed by atoms with E-state index in [0.29, 0.717) is 31.5 Å². The Hall–Kier alpha value is -2.11. The number of hydrogen-bond donors (Lipinski definition) is 2. The van der Waals surface area contributed by atoms with Crippen molar-refractivity contribution >= 4 is 17.5 Å². The number of furan rings is 1. The Morgan fingerprint density at radius 1 is 1.53 bits per heavy atom. The highest BCUT2D eigenvalue weighted by Crippen LogP contribution is 2.01. The van der Waals surface area contributed by atoms with E-state index >= 15 is 0 Å². The van der Waals surface area contributed by atoms with Gasteiger partial charge in [-0.15, -0.1) is 0 Å². The van der Waals surface area contributed by atoms with Crippen molar-refractivity contribution in [1.29, 1.82) is 0 Å². The first-order valence-corrected chi connectivity index (χ1v) is 5.41. The van der Waals surface area contributed by atoms with Gasteiger partial charge in [-0.3, -0.25) is 9.59 Å².